The second-order valence-electron chi connectivity index (χ2n) is 7.31. The summed E-state index contributed by atoms with van der Waals surface area (Å²) >= 11 is 1.63. The maximum absolute atomic E-state index is 13.6. The molecule has 2 aromatic carbocycles. The van der Waals surface area contributed by atoms with Gasteiger partial charge in [0.15, 0.2) is 17.5 Å². The summed E-state index contributed by atoms with van der Waals surface area (Å²) < 4.78 is 33.8. The Morgan fingerprint density at radius 1 is 1.25 bits per heavy atom. The number of nitrogens with zero attached hydrogens (tertiary/aromatic N) is 3. The van der Waals surface area contributed by atoms with Gasteiger partial charge in [-0.15, -0.1) is 11.8 Å². The number of fused-ring (bicyclic) bond motifs is 1. The zero-order valence-electron chi connectivity index (χ0n) is 18.3. The van der Waals surface area contributed by atoms with Crippen molar-refractivity contribution in [3.63, 3.8) is 0 Å². The average Bonchev–Trinajstić information content (AvgIpc) is 3.06. The highest BCUT2D eigenvalue weighted by Crippen LogP contribution is 2.25. The number of aryl methyl sites for hydroxylation is 1. The van der Waals surface area contributed by atoms with Gasteiger partial charge in [0.25, 0.3) is 5.91 Å². The largest absolute Gasteiger partial charge is 0.383 e. The van der Waals surface area contributed by atoms with E-state index >= 15 is 0 Å². The Kier molecular flexibility index (Phi) is 7.81. The third-order valence-electron chi connectivity index (χ3n) is 4.58. The van der Waals surface area contributed by atoms with Crippen molar-refractivity contribution in [1.29, 1.82) is 0 Å². The molecule has 3 rings (SSSR count). The van der Waals surface area contributed by atoms with E-state index in [1.165, 1.54) is 6.07 Å². The maximum atomic E-state index is 13.6. The van der Waals surface area contributed by atoms with Crippen LogP contribution in [0.3, 0.4) is 0 Å². The molecule has 1 aromatic heterocycles. The van der Waals surface area contributed by atoms with E-state index in [0.717, 1.165) is 28.6 Å². The van der Waals surface area contributed by atoms with Gasteiger partial charge in [-0.2, -0.15) is 10.1 Å². The van der Waals surface area contributed by atoms with Crippen LogP contribution in [0.1, 0.15) is 22.8 Å². The zero-order chi connectivity index (χ0) is 23.3. The van der Waals surface area contributed by atoms with Crippen molar-refractivity contribution in [3.8, 4) is 0 Å². The Balaban J connectivity index is 1.98. The number of carbonyl (C=O) groups is 1. The number of aliphatic imine (C=N–C) groups is 1. The Morgan fingerprint density at radius 3 is 2.72 bits per heavy atom. The number of benzene rings is 2. The first kappa shape index (κ1) is 23.7. The van der Waals surface area contributed by atoms with Crippen molar-refractivity contribution in [1.82, 2.24) is 15.1 Å². The van der Waals surface area contributed by atoms with E-state index in [0.29, 0.717) is 18.3 Å². The molecule has 0 aliphatic heterocycles. The smallest absolute Gasteiger partial charge is 0.280 e. The van der Waals surface area contributed by atoms with E-state index < -0.39 is 17.5 Å². The number of anilines is 1. The number of ether oxygens (including phenoxy) is 1. The zero-order valence-corrected chi connectivity index (χ0v) is 19.1. The fraction of sp³-hybridized carbons (Fsp3) is 0.318. The van der Waals surface area contributed by atoms with Crippen molar-refractivity contribution in [2.45, 2.75) is 25.8 Å². The van der Waals surface area contributed by atoms with Gasteiger partial charge in [0.2, 0.25) is 5.96 Å². The van der Waals surface area contributed by atoms with Gasteiger partial charge in [0.1, 0.15) is 0 Å². The molecular formula is C22H25F2N5O2S. The number of halogens is 2. The fourth-order valence-corrected chi connectivity index (χ4v) is 3.57. The molecule has 1 atom stereocenters. The van der Waals surface area contributed by atoms with E-state index in [9.17, 15) is 13.6 Å². The lowest BCUT2D eigenvalue weighted by Crippen LogP contribution is -2.40. The van der Waals surface area contributed by atoms with Crippen molar-refractivity contribution < 1.29 is 18.3 Å². The van der Waals surface area contributed by atoms with Crippen LogP contribution in [0.2, 0.25) is 0 Å². The standard InChI is InChI=1S/C22H25F2N5O2S/c1-13-5-7-16-19(9-13)29(12-32-4)28-20(16)26-22(25-14(2)11-31-3)27-21(30)15-6-8-17(23)18(24)10-15/h5-10,14H,11-12H2,1-4H3,(H2,25,26,27,28,30)/t14-/m0/s1. The Labute approximate surface area is 189 Å². The summed E-state index contributed by atoms with van der Waals surface area (Å²) in [5, 5.41) is 11.7. The first-order valence-electron chi connectivity index (χ1n) is 9.89. The molecule has 10 heteroatoms. The maximum Gasteiger partial charge on any atom is 0.280 e. The normalized spacial score (nSPS) is 12.8. The second-order valence-corrected chi connectivity index (χ2v) is 8.14. The Morgan fingerprint density at radius 2 is 2.03 bits per heavy atom. The number of hydrogen-bond acceptors (Lipinski definition) is 4. The highest BCUT2D eigenvalue weighted by molar-refractivity contribution is 7.97. The molecule has 3 aromatic rings. The van der Waals surface area contributed by atoms with E-state index in [1.54, 1.807) is 18.9 Å². The van der Waals surface area contributed by atoms with Gasteiger partial charge in [-0.25, -0.2) is 8.78 Å². The van der Waals surface area contributed by atoms with Crippen LogP contribution in [-0.4, -0.2) is 47.7 Å². The number of thioether (sulfide) groups is 1. The van der Waals surface area contributed by atoms with Gasteiger partial charge >= 0.3 is 0 Å². The van der Waals surface area contributed by atoms with E-state index in [1.807, 2.05) is 43.0 Å². The van der Waals surface area contributed by atoms with Crippen LogP contribution >= 0.6 is 11.8 Å². The molecule has 7 nitrogen and oxygen atoms in total. The summed E-state index contributed by atoms with van der Waals surface area (Å²) in [7, 11) is 1.56. The lowest BCUT2D eigenvalue weighted by atomic mass is 10.2. The molecule has 0 saturated heterocycles. The van der Waals surface area contributed by atoms with Crippen LogP contribution < -0.4 is 10.6 Å². The highest BCUT2D eigenvalue weighted by atomic mass is 32.2. The summed E-state index contributed by atoms with van der Waals surface area (Å²) in [6, 6.07) is 8.67. The molecule has 0 fully saturated rings. The van der Waals surface area contributed by atoms with Crippen LogP contribution in [0, 0.1) is 18.6 Å². The predicted molar refractivity (Wildman–Crippen MR) is 124 cm³/mol. The van der Waals surface area contributed by atoms with E-state index in [-0.39, 0.29) is 17.6 Å². The number of hydrogen-bond donors (Lipinski definition) is 2. The minimum absolute atomic E-state index is 0.0715. The molecular weight excluding hydrogens is 436 g/mol. The third kappa shape index (κ3) is 5.63. The van der Waals surface area contributed by atoms with Gasteiger partial charge < -0.3 is 15.4 Å². The summed E-state index contributed by atoms with van der Waals surface area (Å²) in [6.07, 6.45) is 1.98. The van der Waals surface area contributed by atoms with Crippen LogP contribution in [0.15, 0.2) is 41.4 Å². The Bertz CT molecular complexity index is 1150. The van der Waals surface area contributed by atoms with Gasteiger partial charge in [0, 0.05) is 24.1 Å². The molecule has 1 amide bonds. The van der Waals surface area contributed by atoms with Gasteiger partial charge in [-0.1, -0.05) is 6.07 Å². The predicted octanol–water partition coefficient (Wildman–Crippen LogP) is 4.18. The quantitative estimate of drug-likeness (QED) is 0.406. The second kappa shape index (κ2) is 10.6. The third-order valence-corrected chi connectivity index (χ3v) is 5.08. The summed E-state index contributed by atoms with van der Waals surface area (Å²) in [4.78, 5) is 16.7. The minimum Gasteiger partial charge on any atom is -0.383 e. The van der Waals surface area contributed by atoms with E-state index in [2.05, 4.69) is 20.7 Å². The molecule has 0 aliphatic carbocycles. The van der Waals surface area contributed by atoms with E-state index in [4.69, 9.17) is 4.74 Å². The molecule has 170 valence electrons. The molecule has 0 saturated carbocycles. The topological polar surface area (TPSA) is 80.5 Å². The molecule has 0 aliphatic rings. The van der Waals surface area contributed by atoms with Gasteiger partial charge in [-0.3, -0.25) is 9.48 Å². The number of aromatic nitrogens is 2. The van der Waals surface area contributed by atoms with Crippen molar-refractivity contribution >= 4 is 40.3 Å². The highest BCUT2D eigenvalue weighted by Gasteiger charge is 2.16. The number of guanidine groups is 1. The molecule has 0 radical (unpaired) electrons. The summed E-state index contributed by atoms with van der Waals surface area (Å²) in [5.41, 5.74) is 1.97. The molecule has 2 N–H and O–H groups in total. The Hall–Kier alpha value is -2.98. The number of carbonyl (C=O) groups excluding carboxylic acids is 1. The fourth-order valence-electron chi connectivity index (χ4n) is 3.13. The van der Waals surface area contributed by atoms with Crippen LogP contribution in [-0.2, 0) is 10.6 Å². The van der Waals surface area contributed by atoms with Crippen LogP contribution in [0.25, 0.3) is 10.9 Å². The molecule has 32 heavy (non-hydrogen) atoms. The van der Waals surface area contributed by atoms with Crippen LogP contribution in [0.4, 0.5) is 14.6 Å². The number of rotatable bonds is 7. The first-order chi connectivity index (χ1) is 15.3. The SMILES string of the molecule is COC[C@H](C)N/C(=N/C(=O)c1ccc(F)c(F)c1)Nc1nn(CSC)c2cc(C)ccc12. The molecule has 1 heterocycles. The minimum atomic E-state index is -1.11. The number of methoxy groups -OCH3 is 1. The average molecular weight is 462 g/mol. The molecule has 0 spiro atoms. The molecule has 0 unspecified atom stereocenters. The van der Waals surface area contributed by atoms with Gasteiger partial charge in [-0.05, 0) is 56.0 Å². The van der Waals surface area contributed by atoms with Crippen LogP contribution in [0.5, 0.6) is 0 Å². The number of amides is 1. The van der Waals surface area contributed by atoms with Gasteiger partial charge in [0.05, 0.1) is 18.0 Å². The van der Waals surface area contributed by atoms with Crippen molar-refractivity contribution in [3.05, 3.63) is 59.2 Å². The monoisotopic (exact) mass is 461 g/mol. The summed E-state index contributed by atoms with van der Waals surface area (Å²) in [5.74, 6) is -1.58. The van der Waals surface area contributed by atoms with Crippen molar-refractivity contribution in [2.24, 2.45) is 4.99 Å². The first-order valence-corrected chi connectivity index (χ1v) is 11.3. The lowest BCUT2D eigenvalue weighted by molar-refractivity contribution is 0.100. The molecule has 0 bridgehead atoms. The van der Waals surface area contributed by atoms with Crippen molar-refractivity contribution in [2.75, 3.05) is 25.3 Å². The lowest BCUT2D eigenvalue weighted by Gasteiger charge is -2.16. The number of nitrogens with one attached hydrogen (secondary N) is 2. The summed E-state index contributed by atoms with van der Waals surface area (Å²) in [6.45, 7) is 4.22.